The van der Waals surface area contributed by atoms with Gasteiger partial charge in [-0.25, -0.2) is 0 Å². The Hall–Kier alpha value is -2.08. The summed E-state index contributed by atoms with van der Waals surface area (Å²) < 4.78 is 0. The first-order valence-electron chi connectivity index (χ1n) is 7.36. The summed E-state index contributed by atoms with van der Waals surface area (Å²) in [7, 11) is 0. The molecule has 1 aliphatic rings. The molecular formula is C16H18N4OS. The van der Waals surface area contributed by atoms with Crippen molar-refractivity contribution >= 4 is 29.2 Å². The maximum Gasteiger partial charge on any atom is 0.276 e. The molecule has 2 aromatic rings. The molecular weight excluding hydrogens is 296 g/mol. The zero-order chi connectivity index (χ0) is 15.2. The van der Waals surface area contributed by atoms with Crippen LogP contribution in [0.3, 0.4) is 0 Å². The average Bonchev–Trinajstić information content (AvgIpc) is 2.57. The van der Waals surface area contributed by atoms with Crippen LogP contribution in [0, 0.1) is 0 Å². The van der Waals surface area contributed by atoms with Gasteiger partial charge >= 0.3 is 0 Å². The van der Waals surface area contributed by atoms with Crippen LogP contribution >= 0.6 is 11.8 Å². The average molecular weight is 314 g/mol. The Kier molecular flexibility index (Phi) is 4.90. The van der Waals surface area contributed by atoms with Crippen LogP contribution in [0.15, 0.2) is 42.5 Å². The zero-order valence-corrected chi connectivity index (χ0v) is 13.0. The fourth-order valence-corrected chi connectivity index (χ4v) is 3.40. The minimum absolute atomic E-state index is 0.251. The van der Waals surface area contributed by atoms with Crippen LogP contribution in [0.4, 0.5) is 11.5 Å². The normalized spacial score (nSPS) is 15.3. The molecule has 1 aromatic heterocycles. The first kappa shape index (κ1) is 14.8. The Bertz CT molecular complexity index is 612. The number of amides is 1. The molecule has 3 rings (SSSR count). The Morgan fingerprint density at radius 3 is 2.50 bits per heavy atom. The van der Waals surface area contributed by atoms with Gasteiger partial charge in [0.25, 0.3) is 5.91 Å². The molecule has 0 aliphatic carbocycles. The molecule has 1 fully saturated rings. The summed E-state index contributed by atoms with van der Waals surface area (Å²) in [5.74, 6) is 2.85. The van der Waals surface area contributed by atoms with Crippen LogP contribution in [0.25, 0.3) is 0 Å². The quantitative estimate of drug-likeness (QED) is 0.908. The topological polar surface area (TPSA) is 66.9 Å². The van der Waals surface area contributed by atoms with Crippen LogP contribution in [0.1, 0.15) is 23.3 Å². The minimum Gasteiger partial charge on any atom is -0.366 e. The maximum absolute atomic E-state index is 12.1. The van der Waals surface area contributed by atoms with E-state index in [-0.39, 0.29) is 5.91 Å². The minimum atomic E-state index is -0.251. The van der Waals surface area contributed by atoms with E-state index in [0.29, 0.717) is 11.7 Å². The summed E-state index contributed by atoms with van der Waals surface area (Å²) in [5.41, 5.74) is 1.06. The predicted octanol–water partition coefficient (Wildman–Crippen LogP) is 3.04. The van der Waals surface area contributed by atoms with Crippen molar-refractivity contribution in [3.63, 3.8) is 0 Å². The third-order valence-electron chi connectivity index (χ3n) is 3.50. The summed E-state index contributed by atoms with van der Waals surface area (Å²) >= 11 is 1.99. The molecule has 1 aliphatic heterocycles. The van der Waals surface area contributed by atoms with Gasteiger partial charge in [0.2, 0.25) is 0 Å². The van der Waals surface area contributed by atoms with Gasteiger partial charge in [0, 0.05) is 11.7 Å². The first-order chi connectivity index (χ1) is 10.8. The number of nitrogens with zero attached hydrogens (tertiary/aromatic N) is 2. The zero-order valence-electron chi connectivity index (χ0n) is 12.2. The van der Waals surface area contributed by atoms with Crippen LogP contribution < -0.4 is 10.6 Å². The van der Waals surface area contributed by atoms with E-state index in [1.807, 2.05) is 48.2 Å². The molecule has 1 amide bonds. The summed E-state index contributed by atoms with van der Waals surface area (Å²) in [6.07, 6.45) is 2.28. The predicted molar refractivity (Wildman–Crippen MR) is 90.4 cm³/mol. The molecule has 5 nitrogen and oxygen atoms in total. The van der Waals surface area contributed by atoms with Crippen LogP contribution in [-0.2, 0) is 0 Å². The Morgan fingerprint density at radius 1 is 1.05 bits per heavy atom. The molecule has 0 unspecified atom stereocenters. The molecule has 1 aromatic carbocycles. The maximum atomic E-state index is 12.1. The lowest BCUT2D eigenvalue weighted by molar-refractivity contribution is 0.102. The van der Waals surface area contributed by atoms with E-state index in [2.05, 4.69) is 20.8 Å². The smallest absolute Gasteiger partial charge is 0.276 e. The summed E-state index contributed by atoms with van der Waals surface area (Å²) in [6.45, 7) is 0. The highest BCUT2D eigenvalue weighted by atomic mass is 32.2. The monoisotopic (exact) mass is 314 g/mol. The van der Waals surface area contributed by atoms with Crippen molar-refractivity contribution in [1.29, 1.82) is 0 Å². The molecule has 0 spiro atoms. The fourth-order valence-electron chi connectivity index (χ4n) is 2.30. The van der Waals surface area contributed by atoms with E-state index in [9.17, 15) is 4.79 Å². The third kappa shape index (κ3) is 3.98. The lowest BCUT2D eigenvalue weighted by Crippen LogP contribution is -2.25. The van der Waals surface area contributed by atoms with Crippen molar-refractivity contribution in [3.05, 3.63) is 48.2 Å². The second-order valence-corrected chi connectivity index (χ2v) is 6.38. The van der Waals surface area contributed by atoms with E-state index in [4.69, 9.17) is 0 Å². The number of anilines is 2. The Morgan fingerprint density at radius 2 is 1.82 bits per heavy atom. The Balaban J connectivity index is 1.59. The number of hydrogen-bond acceptors (Lipinski definition) is 5. The van der Waals surface area contributed by atoms with E-state index >= 15 is 0 Å². The van der Waals surface area contributed by atoms with Crippen LogP contribution in [0.2, 0.25) is 0 Å². The van der Waals surface area contributed by atoms with Gasteiger partial charge in [-0.15, -0.1) is 10.2 Å². The largest absolute Gasteiger partial charge is 0.366 e. The molecule has 114 valence electrons. The lowest BCUT2D eigenvalue weighted by Gasteiger charge is -2.22. The van der Waals surface area contributed by atoms with Gasteiger partial charge in [0.1, 0.15) is 5.82 Å². The molecule has 0 atom stereocenters. The summed E-state index contributed by atoms with van der Waals surface area (Å²) in [5, 5.41) is 14.3. The van der Waals surface area contributed by atoms with Gasteiger partial charge in [-0.3, -0.25) is 4.79 Å². The number of aromatic nitrogens is 2. The molecule has 6 heteroatoms. The van der Waals surface area contributed by atoms with Crippen molar-refractivity contribution in [2.24, 2.45) is 0 Å². The van der Waals surface area contributed by atoms with E-state index < -0.39 is 0 Å². The van der Waals surface area contributed by atoms with Crippen LogP contribution in [0.5, 0.6) is 0 Å². The molecule has 1 saturated heterocycles. The van der Waals surface area contributed by atoms with E-state index in [1.54, 1.807) is 6.07 Å². The molecule has 2 heterocycles. The van der Waals surface area contributed by atoms with E-state index in [0.717, 1.165) is 24.3 Å². The SMILES string of the molecule is O=C(Nc1ccccc1)c1ccc(NC2CCSCC2)nn1. The van der Waals surface area contributed by atoms with Crippen molar-refractivity contribution < 1.29 is 4.79 Å². The van der Waals surface area contributed by atoms with Gasteiger partial charge in [-0.05, 0) is 48.6 Å². The molecule has 0 bridgehead atoms. The lowest BCUT2D eigenvalue weighted by atomic mass is 10.1. The number of benzene rings is 1. The van der Waals surface area contributed by atoms with E-state index in [1.165, 1.54) is 11.5 Å². The number of carbonyl (C=O) groups is 1. The molecule has 0 radical (unpaired) electrons. The number of hydrogen-bond donors (Lipinski definition) is 2. The molecule has 0 saturated carbocycles. The van der Waals surface area contributed by atoms with Gasteiger partial charge in [0.05, 0.1) is 0 Å². The van der Waals surface area contributed by atoms with Crippen LogP contribution in [-0.4, -0.2) is 33.7 Å². The third-order valence-corrected chi connectivity index (χ3v) is 4.55. The molecule has 2 N–H and O–H groups in total. The Labute approximate surface area is 133 Å². The van der Waals surface area contributed by atoms with Gasteiger partial charge in [0.15, 0.2) is 5.69 Å². The van der Waals surface area contributed by atoms with Crippen molar-refractivity contribution in [2.45, 2.75) is 18.9 Å². The molecule has 22 heavy (non-hydrogen) atoms. The first-order valence-corrected chi connectivity index (χ1v) is 8.51. The van der Waals surface area contributed by atoms with Gasteiger partial charge in [-0.2, -0.15) is 11.8 Å². The fraction of sp³-hybridized carbons (Fsp3) is 0.312. The second-order valence-electron chi connectivity index (χ2n) is 5.15. The number of thioether (sulfide) groups is 1. The second kappa shape index (κ2) is 7.26. The van der Waals surface area contributed by atoms with Crippen molar-refractivity contribution in [1.82, 2.24) is 10.2 Å². The van der Waals surface area contributed by atoms with Gasteiger partial charge in [-0.1, -0.05) is 18.2 Å². The summed E-state index contributed by atoms with van der Waals surface area (Å²) in [6, 6.07) is 13.3. The number of nitrogens with one attached hydrogen (secondary N) is 2. The highest BCUT2D eigenvalue weighted by molar-refractivity contribution is 7.99. The van der Waals surface area contributed by atoms with Crippen molar-refractivity contribution in [2.75, 3.05) is 22.1 Å². The number of carbonyl (C=O) groups excluding carboxylic acids is 1. The van der Waals surface area contributed by atoms with Crippen molar-refractivity contribution in [3.8, 4) is 0 Å². The number of para-hydroxylation sites is 1. The highest BCUT2D eigenvalue weighted by Gasteiger charge is 2.14. The summed E-state index contributed by atoms with van der Waals surface area (Å²) in [4.78, 5) is 12.1. The van der Waals surface area contributed by atoms with Gasteiger partial charge < -0.3 is 10.6 Å². The highest BCUT2D eigenvalue weighted by Crippen LogP contribution is 2.19. The standard InChI is InChI=1S/C16H18N4OS/c21-16(18-12-4-2-1-3-5-12)14-6-7-15(20-19-14)17-13-8-10-22-11-9-13/h1-7,13H,8-11H2,(H,17,20)(H,18,21). The number of rotatable bonds is 4.